The summed E-state index contributed by atoms with van der Waals surface area (Å²) in [5.74, 6) is 1.79. The standard InChI is InChI=1S/C23H26N2O4/c1-23(2,21-24-17(13-28-21)11-15-7-3-5-9-19(15)26)22-25-18(14-29-22)12-16-8-4-6-10-20(16)27/h3-10,17-18,26-27H,11-14H2,1-2H3/t17-,18-/m0/s1. The van der Waals surface area contributed by atoms with E-state index in [1.54, 1.807) is 12.1 Å². The van der Waals surface area contributed by atoms with Crippen molar-refractivity contribution in [2.45, 2.75) is 38.8 Å². The molecule has 0 amide bonds. The van der Waals surface area contributed by atoms with Crippen LogP contribution in [-0.2, 0) is 22.3 Å². The molecule has 0 fully saturated rings. The zero-order valence-corrected chi connectivity index (χ0v) is 16.7. The lowest BCUT2D eigenvalue weighted by Gasteiger charge is -2.22. The van der Waals surface area contributed by atoms with Gasteiger partial charge in [0, 0.05) is 12.8 Å². The van der Waals surface area contributed by atoms with E-state index in [1.165, 1.54) is 0 Å². The summed E-state index contributed by atoms with van der Waals surface area (Å²) >= 11 is 0. The number of aliphatic imine (C=N–C) groups is 2. The van der Waals surface area contributed by atoms with Gasteiger partial charge in [-0.25, -0.2) is 9.98 Å². The summed E-state index contributed by atoms with van der Waals surface area (Å²) < 4.78 is 11.8. The smallest absolute Gasteiger partial charge is 0.199 e. The molecule has 0 saturated carbocycles. The molecule has 4 rings (SSSR count). The molecule has 0 spiro atoms. The van der Waals surface area contributed by atoms with Gasteiger partial charge in [-0.15, -0.1) is 0 Å². The molecule has 2 aromatic carbocycles. The Bertz CT molecular complexity index is 876. The molecule has 152 valence electrons. The number of phenolic OH excluding ortho intramolecular Hbond substituents is 2. The van der Waals surface area contributed by atoms with Gasteiger partial charge in [-0.1, -0.05) is 36.4 Å². The van der Waals surface area contributed by atoms with E-state index in [1.807, 2.05) is 50.2 Å². The van der Waals surface area contributed by atoms with Gasteiger partial charge >= 0.3 is 0 Å². The number of benzene rings is 2. The van der Waals surface area contributed by atoms with Crippen LogP contribution in [0, 0.1) is 5.41 Å². The number of ether oxygens (including phenoxy) is 2. The highest BCUT2D eigenvalue weighted by atomic mass is 16.5. The molecule has 6 heteroatoms. The largest absolute Gasteiger partial charge is 0.508 e. The van der Waals surface area contributed by atoms with Crippen molar-refractivity contribution in [3.63, 3.8) is 0 Å². The molecule has 2 heterocycles. The van der Waals surface area contributed by atoms with Crippen LogP contribution in [0.1, 0.15) is 25.0 Å². The third-order valence-corrected chi connectivity index (χ3v) is 5.39. The summed E-state index contributed by atoms with van der Waals surface area (Å²) in [6.45, 7) is 4.94. The van der Waals surface area contributed by atoms with Gasteiger partial charge in [-0.3, -0.25) is 0 Å². The predicted molar refractivity (Wildman–Crippen MR) is 112 cm³/mol. The Balaban J connectivity index is 1.45. The van der Waals surface area contributed by atoms with Crippen molar-refractivity contribution < 1.29 is 19.7 Å². The van der Waals surface area contributed by atoms with Crippen LogP contribution in [0.25, 0.3) is 0 Å². The van der Waals surface area contributed by atoms with Gasteiger partial charge in [0.25, 0.3) is 0 Å². The van der Waals surface area contributed by atoms with E-state index in [-0.39, 0.29) is 23.6 Å². The number of hydrogen-bond donors (Lipinski definition) is 2. The molecule has 0 radical (unpaired) electrons. The van der Waals surface area contributed by atoms with Crippen molar-refractivity contribution in [1.82, 2.24) is 0 Å². The molecule has 0 aromatic heterocycles. The topological polar surface area (TPSA) is 83.6 Å². The second-order valence-electron chi connectivity index (χ2n) is 8.09. The number of nitrogens with zero attached hydrogens (tertiary/aromatic N) is 2. The molecule has 29 heavy (non-hydrogen) atoms. The fraction of sp³-hybridized carbons (Fsp3) is 0.391. The number of rotatable bonds is 6. The molecule has 0 saturated heterocycles. The normalized spacial score (nSPS) is 21.3. The van der Waals surface area contributed by atoms with Gasteiger partial charge in [0.05, 0.1) is 12.1 Å². The first-order valence-corrected chi connectivity index (χ1v) is 9.89. The second kappa shape index (κ2) is 7.78. The van der Waals surface area contributed by atoms with E-state index in [9.17, 15) is 10.2 Å². The highest BCUT2D eigenvalue weighted by molar-refractivity contribution is 6.05. The van der Waals surface area contributed by atoms with Crippen molar-refractivity contribution in [2.24, 2.45) is 15.4 Å². The molecular weight excluding hydrogens is 368 g/mol. The van der Waals surface area contributed by atoms with Gasteiger partial charge in [-0.2, -0.15) is 0 Å². The van der Waals surface area contributed by atoms with E-state index in [2.05, 4.69) is 0 Å². The van der Waals surface area contributed by atoms with Crippen molar-refractivity contribution in [1.29, 1.82) is 0 Å². The fourth-order valence-corrected chi connectivity index (χ4v) is 3.69. The minimum Gasteiger partial charge on any atom is -0.508 e. The molecule has 0 aliphatic carbocycles. The van der Waals surface area contributed by atoms with Crippen LogP contribution >= 0.6 is 0 Å². The second-order valence-corrected chi connectivity index (χ2v) is 8.09. The van der Waals surface area contributed by atoms with Gasteiger partial charge in [0.15, 0.2) is 11.8 Å². The summed E-state index contributed by atoms with van der Waals surface area (Å²) in [6, 6.07) is 14.5. The van der Waals surface area contributed by atoms with Crippen molar-refractivity contribution in [3.05, 3.63) is 59.7 Å². The van der Waals surface area contributed by atoms with Crippen LogP contribution in [0.2, 0.25) is 0 Å². The zero-order valence-electron chi connectivity index (χ0n) is 16.7. The van der Waals surface area contributed by atoms with Crippen LogP contribution in [0.3, 0.4) is 0 Å². The fourth-order valence-electron chi connectivity index (χ4n) is 3.69. The molecule has 2 aliphatic rings. The monoisotopic (exact) mass is 394 g/mol. The third-order valence-electron chi connectivity index (χ3n) is 5.39. The molecule has 2 aromatic rings. The Morgan fingerprint density at radius 1 is 0.793 bits per heavy atom. The van der Waals surface area contributed by atoms with E-state index in [0.717, 1.165) is 11.1 Å². The number of phenols is 2. The maximum Gasteiger partial charge on any atom is 0.199 e. The highest BCUT2D eigenvalue weighted by Crippen LogP contribution is 2.31. The highest BCUT2D eigenvalue weighted by Gasteiger charge is 2.41. The van der Waals surface area contributed by atoms with Gasteiger partial charge in [0.1, 0.15) is 30.1 Å². The molecule has 2 aliphatic heterocycles. The lowest BCUT2D eigenvalue weighted by atomic mass is 9.93. The summed E-state index contributed by atoms with van der Waals surface area (Å²) in [4.78, 5) is 9.49. The zero-order chi connectivity index (χ0) is 20.4. The van der Waals surface area contributed by atoms with Crippen molar-refractivity contribution in [3.8, 4) is 11.5 Å². The van der Waals surface area contributed by atoms with E-state index < -0.39 is 5.41 Å². The lowest BCUT2D eigenvalue weighted by molar-refractivity contribution is 0.263. The Morgan fingerprint density at radius 3 is 1.62 bits per heavy atom. The van der Waals surface area contributed by atoms with E-state index >= 15 is 0 Å². The molecule has 0 unspecified atom stereocenters. The number of para-hydroxylation sites is 2. The number of hydrogen-bond acceptors (Lipinski definition) is 6. The Labute approximate surface area is 170 Å². The van der Waals surface area contributed by atoms with Crippen LogP contribution in [0.15, 0.2) is 58.5 Å². The molecule has 0 bridgehead atoms. The maximum atomic E-state index is 9.99. The van der Waals surface area contributed by atoms with Crippen molar-refractivity contribution in [2.75, 3.05) is 13.2 Å². The average Bonchev–Trinajstić information content (AvgIpc) is 3.36. The minimum absolute atomic E-state index is 0.0448. The van der Waals surface area contributed by atoms with Crippen LogP contribution in [0.5, 0.6) is 11.5 Å². The summed E-state index contributed by atoms with van der Waals surface area (Å²) in [6.07, 6.45) is 1.24. The van der Waals surface area contributed by atoms with Gasteiger partial charge in [-0.05, 0) is 37.1 Å². The molecular formula is C23H26N2O4. The van der Waals surface area contributed by atoms with Crippen molar-refractivity contribution >= 4 is 11.8 Å². The third kappa shape index (κ3) is 4.06. The van der Waals surface area contributed by atoms with Crippen LogP contribution in [0.4, 0.5) is 0 Å². The minimum atomic E-state index is -0.568. The molecule has 6 nitrogen and oxygen atoms in total. The van der Waals surface area contributed by atoms with Crippen LogP contribution in [-0.4, -0.2) is 47.3 Å². The maximum absolute atomic E-state index is 9.99. The van der Waals surface area contributed by atoms with Gasteiger partial charge in [0.2, 0.25) is 0 Å². The Hall–Kier alpha value is -3.02. The SMILES string of the molecule is CC(C)(C1=N[C@@H](Cc2ccccc2O)CO1)C1=N[C@@H](Cc2ccccc2O)CO1. The first kappa shape index (κ1) is 19.3. The lowest BCUT2D eigenvalue weighted by Crippen LogP contribution is -2.34. The number of aromatic hydroxyl groups is 2. The average molecular weight is 394 g/mol. The first-order chi connectivity index (χ1) is 13.9. The summed E-state index contributed by atoms with van der Waals surface area (Å²) in [7, 11) is 0. The quantitative estimate of drug-likeness (QED) is 0.785. The Morgan fingerprint density at radius 2 is 1.21 bits per heavy atom. The van der Waals surface area contributed by atoms with E-state index in [0.29, 0.717) is 37.9 Å². The van der Waals surface area contributed by atoms with Crippen LogP contribution < -0.4 is 0 Å². The van der Waals surface area contributed by atoms with E-state index in [4.69, 9.17) is 19.5 Å². The first-order valence-electron chi connectivity index (χ1n) is 9.89. The summed E-state index contributed by atoms with van der Waals surface area (Å²) in [5, 5.41) is 20.0. The van der Waals surface area contributed by atoms with Gasteiger partial charge < -0.3 is 19.7 Å². The predicted octanol–water partition coefficient (Wildman–Crippen LogP) is 3.50. The Kier molecular flexibility index (Phi) is 5.18. The molecule has 2 N–H and O–H groups in total. The summed E-state index contributed by atoms with van der Waals surface area (Å²) in [5.41, 5.74) is 1.16. The molecule has 2 atom stereocenters.